The molecule has 5 heterocycles. The molecule has 0 unspecified atom stereocenters. The first-order valence-electron chi connectivity index (χ1n) is 9.90. The Bertz CT molecular complexity index is 1300. The van der Waals surface area contributed by atoms with Crippen LogP contribution in [0.5, 0.6) is 0 Å². The monoisotopic (exact) mass is 442 g/mol. The standard InChI is InChI=1S/C19H22N8O3S/c1-10-7-14(23-21-10)16-17-19(31(28,29)24-16)13(18-12(3)22-25-26(18)4)8-15(20-17)27-5-6-30-9-11(27)2/h7-8,11H,5-6,9H2,1-4H3,(H,21,23)/t11-/m1/s1. The van der Waals surface area contributed by atoms with Gasteiger partial charge in [-0.1, -0.05) is 5.21 Å². The van der Waals surface area contributed by atoms with E-state index in [9.17, 15) is 8.42 Å². The largest absolute Gasteiger partial charge is 0.377 e. The number of rotatable bonds is 3. The minimum Gasteiger partial charge on any atom is -0.377 e. The number of aromatic nitrogens is 6. The molecule has 2 aliphatic rings. The highest BCUT2D eigenvalue weighted by molar-refractivity contribution is 7.91. The molecule has 31 heavy (non-hydrogen) atoms. The minimum absolute atomic E-state index is 0.0629. The summed E-state index contributed by atoms with van der Waals surface area (Å²) in [4.78, 5) is 6.96. The van der Waals surface area contributed by atoms with E-state index in [4.69, 9.17) is 9.72 Å². The third-order valence-electron chi connectivity index (χ3n) is 5.53. The summed E-state index contributed by atoms with van der Waals surface area (Å²) < 4.78 is 37.6. The molecule has 3 aromatic heterocycles. The molecule has 0 amide bonds. The topological polar surface area (TPSA) is 131 Å². The number of hydrogen-bond donors (Lipinski definition) is 1. The second kappa shape index (κ2) is 6.95. The molecule has 11 nitrogen and oxygen atoms in total. The van der Waals surface area contributed by atoms with Crippen LogP contribution in [-0.4, -0.2) is 70.1 Å². The summed E-state index contributed by atoms with van der Waals surface area (Å²) in [6, 6.07) is 3.64. The molecule has 0 radical (unpaired) electrons. The Hall–Kier alpha value is -3.12. The van der Waals surface area contributed by atoms with Crippen molar-refractivity contribution in [2.45, 2.75) is 31.7 Å². The highest BCUT2D eigenvalue weighted by Crippen LogP contribution is 2.39. The van der Waals surface area contributed by atoms with Crippen LogP contribution in [0.1, 0.15) is 29.7 Å². The van der Waals surface area contributed by atoms with Gasteiger partial charge in [-0.25, -0.2) is 9.67 Å². The van der Waals surface area contributed by atoms with Crippen LogP contribution in [0, 0.1) is 13.8 Å². The van der Waals surface area contributed by atoms with Gasteiger partial charge in [-0.15, -0.1) is 5.10 Å². The van der Waals surface area contributed by atoms with Gasteiger partial charge in [-0.2, -0.15) is 17.9 Å². The fourth-order valence-corrected chi connectivity index (χ4v) is 5.43. The zero-order valence-electron chi connectivity index (χ0n) is 17.6. The summed E-state index contributed by atoms with van der Waals surface area (Å²) in [6.45, 7) is 7.46. The van der Waals surface area contributed by atoms with Crippen molar-refractivity contribution in [1.82, 2.24) is 30.2 Å². The van der Waals surface area contributed by atoms with Gasteiger partial charge in [0.1, 0.15) is 22.1 Å². The van der Waals surface area contributed by atoms with Gasteiger partial charge in [-0.05, 0) is 32.9 Å². The van der Waals surface area contributed by atoms with Gasteiger partial charge in [0.05, 0.1) is 42.0 Å². The van der Waals surface area contributed by atoms with Gasteiger partial charge in [0.15, 0.2) is 0 Å². The van der Waals surface area contributed by atoms with Gasteiger partial charge in [0.25, 0.3) is 10.0 Å². The Morgan fingerprint density at radius 3 is 2.71 bits per heavy atom. The maximum absolute atomic E-state index is 13.2. The third-order valence-corrected chi connectivity index (χ3v) is 6.88. The predicted molar refractivity (Wildman–Crippen MR) is 113 cm³/mol. The van der Waals surface area contributed by atoms with Gasteiger partial charge in [0, 0.05) is 19.2 Å². The van der Waals surface area contributed by atoms with Crippen molar-refractivity contribution < 1.29 is 13.2 Å². The van der Waals surface area contributed by atoms with E-state index in [2.05, 4.69) is 36.7 Å². The smallest absolute Gasteiger partial charge is 0.285 e. The van der Waals surface area contributed by atoms with Crippen LogP contribution in [-0.2, 0) is 21.8 Å². The lowest BCUT2D eigenvalue weighted by Gasteiger charge is -2.34. The Balaban J connectivity index is 1.80. The van der Waals surface area contributed by atoms with E-state index in [1.165, 1.54) is 0 Å². The second-order valence-electron chi connectivity index (χ2n) is 7.81. The van der Waals surface area contributed by atoms with Crippen molar-refractivity contribution in [1.29, 1.82) is 0 Å². The third kappa shape index (κ3) is 3.13. The Morgan fingerprint density at radius 2 is 2.06 bits per heavy atom. The molecular formula is C19H22N8O3S. The molecule has 1 fully saturated rings. The SMILES string of the molecule is Cc1cc(C2=NS(=O)(=O)c3c(-c4c(C)nnn4C)cc(N4CCOC[C@H]4C)nc32)[nH]n1. The van der Waals surface area contributed by atoms with Crippen molar-refractivity contribution in [2.75, 3.05) is 24.7 Å². The average Bonchev–Trinajstić information content (AvgIpc) is 3.37. The lowest BCUT2D eigenvalue weighted by Crippen LogP contribution is -2.44. The fraction of sp³-hybridized carbons (Fsp3) is 0.421. The van der Waals surface area contributed by atoms with E-state index < -0.39 is 10.0 Å². The molecule has 1 atom stereocenters. The van der Waals surface area contributed by atoms with Gasteiger partial charge >= 0.3 is 0 Å². The van der Waals surface area contributed by atoms with Crippen LogP contribution in [0.2, 0.25) is 0 Å². The number of nitrogens with zero attached hydrogens (tertiary/aromatic N) is 7. The number of nitrogens with one attached hydrogen (secondary N) is 1. The molecular weight excluding hydrogens is 420 g/mol. The number of fused-ring (bicyclic) bond motifs is 1. The molecule has 0 bridgehead atoms. The van der Waals surface area contributed by atoms with Crippen molar-refractivity contribution in [3.63, 3.8) is 0 Å². The van der Waals surface area contributed by atoms with Crippen molar-refractivity contribution >= 4 is 21.6 Å². The number of sulfonamides is 1. The van der Waals surface area contributed by atoms with Crippen molar-refractivity contribution in [2.24, 2.45) is 11.4 Å². The Kier molecular flexibility index (Phi) is 4.45. The number of pyridine rings is 1. The quantitative estimate of drug-likeness (QED) is 0.635. The second-order valence-corrected chi connectivity index (χ2v) is 9.35. The zero-order chi connectivity index (χ0) is 21.9. The number of hydrogen-bond acceptors (Lipinski definition) is 8. The molecule has 1 N–H and O–H groups in total. The van der Waals surface area contributed by atoms with Crippen LogP contribution in [0.15, 0.2) is 21.4 Å². The van der Waals surface area contributed by atoms with Gasteiger partial charge in [-0.3, -0.25) is 5.10 Å². The summed E-state index contributed by atoms with van der Waals surface area (Å²) in [7, 11) is -2.24. The summed E-state index contributed by atoms with van der Waals surface area (Å²) in [5, 5.41) is 15.2. The molecule has 12 heteroatoms. The van der Waals surface area contributed by atoms with Gasteiger partial charge in [0.2, 0.25) is 0 Å². The first kappa shape index (κ1) is 19.8. The normalized spacial score (nSPS) is 20.1. The van der Waals surface area contributed by atoms with E-state index in [0.29, 0.717) is 53.9 Å². The van der Waals surface area contributed by atoms with E-state index in [0.717, 1.165) is 5.69 Å². The average molecular weight is 443 g/mol. The molecule has 0 saturated carbocycles. The molecule has 3 aromatic rings. The van der Waals surface area contributed by atoms with Crippen LogP contribution in [0.25, 0.3) is 11.3 Å². The summed E-state index contributed by atoms with van der Waals surface area (Å²) in [5.41, 5.74) is 3.51. The van der Waals surface area contributed by atoms with Crippen LogP contribution in [0.3, 0.4) is 0 Å². The van der Waals surface area contributed by atoms with Crippen molar-refractivity contribution in [3.8, 4) is 11.3 Å². The number of aryl methyl sites for hydroxylation is 3. The molecule has 162 valence electrons. The number of ether oxygens (including phenoxy) is 1. The van der Waals surface area contributed by atoms with E-state index in [1.807, 2.05) is 6.92 Å². The van der Waals surface area contributed by atoms with Gasteiger partial charge < -0.3 is 9.64 Å². The first-order valence-corrected chi connectivity index (χ1v) is 11.3. The highest BCUT2D eigenvalue weighted by atomic mass is 32.2. The van der Waals surface area contributed by atoms with Crippen LogP contribution < -0.4 is 4.90 Å². The molecule has 0 aliphatic carbocycles. The number of morpholine rings is 1. The molecule has 2 aliphatic heterocycles. The van der Waals surface area contributed by atoms with Crippen molar-refractivity contribution in [3.05, 3.63) is 34.9 Å². The van der Waals surface area contributed by atoms with E-state index in [-0.39, 0.29) is 16.6 Å². The molecule has 1 saturated heterocycles. The predicted octanol–water partition coefficient (Wildman–Crippen LogP) is 0.982. The maximum atomic E-state index is 13.2. The first-order chi connectivity index (χ1) is 14.8. The number of aromatic amines is 1. The van der Waals surface area contributed by atoms with Crippen LogP contribution >= 0.6 is 0 Å². The molecule has 0 spiro atoms. The van der Waals surface area contributed by atoms with Crippen LogP contribution in [0.4, 0.5) is 5.82 Å². The molecule has 0 aromatic carbocycles. The highest BCUT2D eigenvalue weighted by Gasteiger charge is 2.38. The minimum atomic E-state index is -3.98. The number of H-pyrrole nitrogens is 1. The number of anilines is 1. The summed E-state index contributed by atoms with van der Waals surface area (Å²) >= 11 is 0. The maximum Gasteiger partial charge on any atom is 0.285 e. The Labute approximate surface area is 179 Å². The fourth-order valence-electron chi connectivity index (χ4n) is 4.09. The zero-order valence-corrected chi connectivity index (χ0v) is 18.4. The Morgan fingerprint density at radius 1 is 1.26 bits per heavy atom. The summed E-state index contributed by atoms with van der Waals surface area (Å²) in [5.74, 6) is 0.659. The molecule has 5 rings (SSSR count). The lowest BCUT2D eigenvalue weighted by atomic mass is 10.1. The summed E-state index contributed by atoms with van der Waals surface area (Å²) in [6.07, 6.45) is 0. The van der Waals surface area contributed by atoms with E-state index >= 15 is 0 Å². The van der Waals surface area contributed by atoms with E-state index in [1.54, 1.807) is 30.8 Å². The lowest BCUT2D eigenvalue weighted by molar-refractivity contribution is 0.0985.